The van der Waals surface area contributed by atoms with Gasteiger partial charge in [-0.25, -0.2) is 0 Å². The third kappa shape index (κ3) is 6.67. The molecule has 0 aromatic heterocycles. The zero-order valence-electron chi connectivity index (χ0n) is 12.3. The Bertz CT molecular complexity index is 224. The van der Waals surface area contributed by atoms with Crippen LogP contribution in [0.15, 0.2) is 0 Å². The molecule has 0 fully saturated rings. The molecule has 0 rings (SSSR count). The van der Waals surface area contributed by atoms with Crippen LogP contribution in [0.4, 0.5) is 0 Å². The van der Waals surface area contributed by atoms with Gasteiger partial charge in [-0.15, -0.1) is 0 Å². The highest BCUT2D eigenvalue weighted by atomic mass is 16.5. The fourth-order valence-electron chi connectivity index (χ4n) is 2.07. The highest BCUT2D eigenvalue weighted by molar-refractivity contribution is 5.72. The summed E-state index contributed by atoms with van der Waals surface area (Å²) < 4.78 is 4.82. The minimum absolute atomic E-state index is 0.0440. The van der Waals surface area contributed by atoms with Gasteiger partial charge in [-0.05, 0) is 17.8 Å². The van der Waals surface area contributed by atoms with E-state index in [2.05, 4.69) is 39.9 Å². The van der Waals surface area contributed by atoms with Gasteiger partial charge in [0.1, 0.15) is 0 Å². The maximum absolute atomic E-state index is 11.6. The average molecular weight is 243 g/mol. The number of carbonyl (C=O) groups is 1. The number of carbonyl (C=O) groups excluding carboxylic acids is 1. The van der Waals surface area contributed by atoms with Crippen LogP contribution in [-0.2, 0) is 9.53 Å². The predicted octanol–water partition coefficient (Wildman–Crippen LogP) is 2.85. The maximum atomic E-state index is 11.6. The maximum Gasteiger partial charge on any atom is 0.310 e. The van der Waals surface area contributed by atoms with Gasteiger partial charge in [0.05, 0.1) is 13.0 Å². The van der Waals surface area contributed by atoms with Gasteiger partial charge in [-0.1, -0.05) is 41.0 Å². The summed E-state index contributed by atoms with van der Waals surface area (Å²) in [7, 11) is 1.46. The molecular formula is C14H29NO2. The van der Waals surface area contributed by atoms with Crippen LogP contribution in [0.25, 0.3) is 0 Å². The van der Waals surface area contributed by atoms with E-state index >= 15 is 0 Å². The summed E-state index contributed by atoms with van der Waals surface area (Å²) in [6.07, 6.45) is 2.39. The zero-order valence-corrected chi connectivity index (χ0v) is 12.3. The Labute approximate surface area is 106 Å². The monoisotopic (exact) mass is 243 g/mol. The normalized spacial score (nSPS) is 13.8. The highest BCUT2D eigenvalue weighted by Crippen LogP contribution is 2.21. The second-order valence-electron chi connectivity index (χ2n) is 5.92. The Hall–Kier alpha value is -0.570. The van der Waals surface area contributed by atoms with E-state index in [1.165, 1.54) is 20.0 Å². The fraction of sp³-hybridized carbons (Fsp3) is 0.929. The highest BCUT2D eigenvalue weighted by Gasteiger charge is 2.24. The minimum atomic E-state index is -0.110. The van der Waals surface area contributed by atoms with Crippen molar-refractivity contribution in [2.24, 2.45) is 17.3 Å². The van der Waals surface area contributed by atoms with E-state index in [1.807, 2.05) is 0 Å². The van der Waals surface area contributed by atoms with Crippen molar-refractivity contribution in [3.8, 4) is 0 Å². The molecular weight excluding hydrogens is 214 g/mol. The molecule has 0 radical (unpaired) electrons. The topological polar surface area (TPSA) is 38.3 Å². The Balaban J connectivity index is 4.11. The summed E-state index contributed by atoms with van der Waals surface area (Å²) in [5, 5.41) is 3.41. The summed E-state index contributed by atoms with van der Waals surface area (Å²) in [4.78, 5) is 11.6. The summed E-state index contributed by atoms with van der Waals surface area (Å²) in [5.74, 6) is 0.155. The van der Waals surface area contributed by atoms with Crippen LogP contribution >= 0.6 is 0 Å². The molecule has 3 heteroatoms. The molecule has 1 N–H and O–H groups in total. The molecule has 102 valence electrons. The molecule has 0 aromatic carbocycles. The molecule has 0 aliphatic carbocycles. The SMILES string of the molecule is CCCC(C)(C)CNCC(C(=O)OC)C(C)C. The van der Waals surface area contributed by atoms with E-state index in [4.69, 9.17) is 4.74 Å². The molecule has 1 atom stereocenters. The Morgan fingerprint density at radius 1 is 1.35 bits per heavy atom. The van der Waals surface area contributed by atoms with Gasteiger partial charge in [-0.2, -0.15) is 0 Å². The summed E-state index contributed by atoms with van der Waals surface area (Å²) in [5.41, 5.74) is 0.298. The summed E-state index contributed by atoms with van der Waals surface area (Å²) in [6, 6.07) is 0. The number of hydrogen-bond donors (Lipinski definition) is 1. The van der Waals surface area contributed by atoms with Crippen LogP contribution in [0.3, 0.4) is 0 Å². The van der Waals surface area contributed by atoms with Crippen molar-refractivity contribution in [2.45, 2.75) is 47.5 Å². The van der Waals surface area contributed by atoms with Gasteiger partial charge < -0.3 is 10.1 Å². The molecule has 3 nitrogen and oxygen atoms in total. The molecule has 0 saturated carbocycles. The third-order valence-corrected chi connectivity index (χ3v) is 3.20. The second-order valence-corrected chi connectivity index (χ2v) is 5.92. The Kier molecular flexibility index (Phi) is 7.44. The fourth-order valence-corrected chi connectivity index (χ4v) is 2.07. The first kappa shape index (κ1) is 16.4. The van der Waals surface area contributed by atoms with Crippen LogP contribution in [-0.4, -0.2) is 26.2 Å². The van der Waals surface area contributed by atoms with Gasteiger partial charge in [-0.3, -0.25) is 4.79 Å². The average Bonchev–Trinajstić information content (AvgIpc) is 2.22. The first-order valence-corrected chi connectivity index (χ1v) is 6.62. The van der Waals surface area contributed by atoms with Crippen molar-refractivity contribution in [3.63, 3.8) is 0 Å². The number of ether oxygens (including phenoxy) is 1. The Morgan fingerprint density at radius 3 is 2.35 bits per heavy atom. The van der Waals surface area contributed by atoms with Crippen LogP contribution in [0.1, 0.15) is 47.5 Å². The zero-order chi connectivity index (χ0) is 13.5. The molecule has 0 aliphatic heterocycles. The standard InChI is InChI=1S/C14H29NO2/c1-7-8-14(4,5)10-15-9-12(11(2)3)13(16)17-6/h11-12,15H,7-10H2,1-6H3. The van der Waals surface area contributed by atoms with E-state index in [0.29, 0.717) is 17.9 Å². The first-order valence-electron chi connectivity index (χ1n) is 6.62. The van der Waals surface area contributed by atoms with Gasteiger partial charge in [0.2, 0.25) is 0 Å². The molecule has 0 spiro atoms. The summed E-state index contributed by atoms with van der Waals surface area (Å²) >= 11 is 0. The van der Waals surface area contributed by atoms with Crippen molar-refractivity contribution >= 4 is 5.97 Å². The first-order chi connectivity index (χ1) is 7.84. The number of hydrogen-bond acceptors (Lipinski definition) is 3. The molecule has 0 aromatic rings. The largest absolute Gasteiger partial charge is 0.469 e. The van der Waals surface area contributed by atoms with Crippen molar-refractivity contribution in [1.82, 2.24) is 5.32 Å². The van der Waals surface area contributed by atoms with E-state index in [-0.39, 0.29) is 11.9 Å². The predicted molar refractivity (Wildman–Crippen MR) is 71.9 cm³/mol. The van der Waals surface area contributed by atoms with E-state index in [9.17, 15) is 4.79 Å². The van der Waals surface area contributed by atoms with Crippen molar-refractivity contribution < 1.29 is 9.53 Å². The van der Waals surface area contributed by atoms with Crippen molar-refractivity contribution in [3.05, 3.63) is 0 Å². The number of rotatable bonds is 8. The van der Waals surface area contributed by atoms with Gasteiger partial charge in [0.25, 0.3) is 0 Å². The van der Waals surface area contributed by atoms with Crippen molar-refractivity contribution in [2.75, 3.05) is 20.2 Å². The lowest BCUT2D eigenvalue weighted by molar-refractivity contribution is -0.146. The molecule has 0 aliphatic rings. The quantitative estimate of drug-likeness (QED) is 0.666. The Morgan fingerprint density at radius 2 is 1.94 bits per heavy atom. The molecule has 0 amide bonds. The lowest BCUT2D eigenvalue weighted by atomic mass is 9.87. The van der Waals surface area contributed by atoms with Gasteiger partial charge >= 0.3 is 5.97 Å². The van der Waals surface area contributed by atoms with Gasteiger partial charge in [0, 0.05) is 13.1 Å². The smallest absolute Gasteiger partial charge is 0.310 e. The number of nitrogens with one attached hydrogen (secondary N) is 1. The van der Waals surface area contributed by atoms with E-state index in [1.54, 1.807) is 0 Å². The third-order valence-electron chi connectivity index (χ3n) is 3.20. The van der Waals surface area contributed by atoms with Crippen LogP contribution < -0.4 is 5.32 Å². The van der Waals surface area contributed by atoms with Crippen molar-refractivity contribution in [1.29, 1.82) is 0 Å². The number of esters is 1. The van der Waals surface area contributed by atoms with E-state index < -0.39 is 0 Å². The second kappa shape index (κ2) is 7.70. The molecule has 0 heterocycles. The van der Waals surface area contributed by atoms with Gasteiger partial charge in [0.15, 0.2) is 0 Å². The molecule has 0 saturated heterocycles. The lowest BCUT2D eigenvalue weighted by Crippen LogP contribution is -2.37. The summed E-state index contributed by atoms with van der Waals surface area (Å²) in [6.45, 7) is 12.5. The minimum Gasteiger partial charge on any atom is -0.469 e. The molecule has 0 bridgehead atoms. The lowest BCUT2D eigenvalue weighted by Gasteiger charge is -2.26. The molecule has 17 heavy (non-hydrogen) atoms. The molecule has 1 unspecified atom stereocenters. The van der Waals surface area contributed by atoms with Crippen LogP contribution in [0.2, 0.25) is 0 Å². The van der Waals surface area contributed by atoms with E-state index in [0.717, 1.165) is 6.54 Å². The number of methoxy groups -OCH3 is 1. The van der Waals surface area contributed by atoms with Crippen LogP contribution in [0.5, 0.6) is 0 Å². The van der Waals surface area contributed by atoms with Crippen LogP contribution in [0, 0.1) is 17.3 Å².